The van der Waals surface area contributed by atoms with Crippen molar-refractivity contribution in [2.45, 2.75) is 6.18 Å². The number of amides is 2. The number of ether oxygens (including phenoxy) is 2. The van der Waals surface area contributed by atoms with Gasteiger partial charge >= 0.3 is 18.2 Å². The van der Waals surface area contributed by atoms with Crippen molar-refractivity contribution < 1.29 is 32.2 Å². The van der Waals surface area contributed by atoms with E-state index in [0.29, 0.717) is 34.1 Å². The van der Waals surface area contributed by atoms with Crippen LogP contribution in [0.5, 0.6) is 11.5 Å². The number of nitrogens with one attached hydrogen (secondary N) is 3. The van der Waals surface area contributed by atoms with Crippen LogP contribution in [0.25, 0.3) is 11.4 Å². The van der Waals surface area contributed by atoms with Crippen LogP contribution in [0.3, 0.4) is 0 Å². The summed E-state index contributed by atoms with van der Waals surface area (Å²) in [7, 11) is 1.29. The molecule has 0 bridgehead atoms. The number of hydrogen-bond donors (Lipinski definition) is 3. The van der Waals surface area contributed by atoms with E-state index in [4.69, 9.17) is 21.1 Å². The summed E-state index contributed by atoms with van der Waals surface area (Å²) in [6.07, 6.45) is -1.59. The summed E-state index contributed by atoms with van der Waals surface area (Å²) >= 11 is 5.60. The van der Waals surface area contributed by atoms with Gasteiger partial charge in [-0.05, 0) is 54.6 Å². The summed E-state index contributed by atoms with van der Waals surface area (Å²) in [5, 5.41) is 4.41. The van der Waals surface area contributed by atoms with E-state index in [1.807, 2.05) is 0 Å². The van der Waals surface area contributed by atoms with E-state index < -0.39 is 28.8 Å². The lowest BCUT2D eigenvalue weighted by Gasteiger charge is -2.12. The standard InChI is InChI=1S/C25H18ClF3N4O4/c1-36-23(34)14-10-21(31-13-14)22-12-18(8-9-30-22)37-17-5-2-15(3-6-17)32-24(35)33-16-4-7-20(26)19(11-16)25(27,28)29/h2-13,31H,1H3,(H2,32,33,35). The Hall–Kier alpha value is -4.51. The van der Waals surface area contributed by atoms with Crippen LogP contribution >= 0.6 is 11.6 Å². The summed E-state index contributed by atoms with van der Waals surface area (Å²) in [4.78, 5) is 31.1. The smallest absolute Gasteiger partial charge is 0.417 e. The first-order chi connectivity index (χ1) is 17.6. The summed E-state index contributed by atoms with van der Waals surface area (Å²) < 4.78 is 49.6. The lowest BCUT2D eigenvalue weighted by atomic mass is 10.2. The molecule has 0 aliphatic carbocycles. The summed E-state index contributed by atoms with van der Waals surface area (Å²) in [5.41, 5.74) is 0.760. The predicted octanol–water partition coefficient (Wildman–Crippen LogP) is 6.97. The van der Waals surface area contributed by atoms with Gasteiger partial charge in [0.15, 0.2) is 0 Å². The van der Waals surface area contributed by atoms with Crippen LogP contribution in [0.15, 0.2) is 73.1 Å². The number of urea groups is 1. The molecular weight excluding hydrogens is 513 g/mol. The molecule has 0 atom stereocenters. The third-order valence-corrected chi connectivity index (χ3v) is 5.32. The van der Waals surface area contributed by atoms with Crippen LogP contribution in [0.4, 0.5) is 29.3 Å². The Labute approximate surface area is 213 Å². The first-order valence-corrected chi connectivity index (χ1v) is 11.0. The van der Waals surface area contributed by atoms with E-state index in [2.05, 4.69) is 20.6 Å². The number of pyridine rings is 1. The highest BCUT2D eigenvalue weighted by Crippen LogP contribution is 2.36. The number of H-pyrrole nitrogens is 1. The molecule has 8 nitrogen and oxygen atoms in total. The number of esters is 1. The lowest BCUT2D eigenvalue weighted by Crippen LogP contribution is -2.19. The van der Waals surface area contributed by atoms with Crippen molar-refractivity contribution in [2.75, 3.05) is 17.7 Å². The van der Waals surface area contributed by atoms with Gasteiger partial charge in [-0.3, -0.25) is 4.98 Å². The highest BCUT2D eigenvalue weighted by Gasteiger charge is 2.33. The molecule has 2 aromatic carbocycles. The number of carbonyl (C=O) groups is 2. The Morgan fingerprint density at radius 2 is 1.65 bits per heavy atom. The van der Waals surface area contributed by atoms with Gasteiger partial charge in [-0.2, -0.15) is 13.2 Å². The number of aromatic amines is 1. The van der Waals surface area contributed by atoms with Gasteiger partial charge in [-0.25, -0.2) is 9.59 Å². The second-order valence-corrected chi connectivity index (χ2v) is 7.98. The van der Waals surface area contributed by atoms with E-state index in [9.17, 15) is 22.8 Å². The predicted molar refractivity (Wildman–Crippen MR) is 131 cm³/mol. The minimum absolute atomic E-state index is 0.0663. The Balaban J connectivity index is 1.38. The number of anilines is 2. The van der Waals surface area contributed by atoms with Gasteiger partial charge in [0, 0.05) is 29.8 Å². The van der Waals surface area contributed by atoms with E-state index in [1.165, 1.54) is 19.4 Å². The molecule has 0 spiro atoms. The fraction of sp³-hybridized carbons (Fsp3) is 0.0800. The third kappa shape index (κ3) is 6.39. The lowest BCUT2D eigenvalue weighted by molar-refractivity contribution is -0.137. The molecule has 37 heavy (non-hydrogen) atoms. The number of nitrogens with zero attached hydrogens (tertiary/aromatic N) is 1. The van der Waals surface area contributed by atoms with E-state index in [0.717, 1.165) is 12.1 Å². The van der Waals surface area contributed by atoms with Crippen LogP contribution in [-0.4, -0.2) is 29.1 Å². The number of aromatic nitrogens is 2. The van der Waals surface area contributed by atoms with Crippen LogP contribution in [0.2, 0.25) is 5.02 Å². The summed E-state index contributed by atoms with van der Waals surface area (Å²) in [6, 6.07) is 13.6. The molecule has 0 saturated heterocycles. The zero-order valence-electron chi connectivity index (χ0n) is 19.0. The number of hydrogen-bond acceptors (Lipinski definition) is 5. The molecule has 2 aromatic heterocycles. The third-order valence-electron chi connectivity index (χ3n) is 4.99. The molecule has 4 aromatic rings. The Kier molecular flexibility index (Phi) is 7.35. The van der Waals surface area contributed by atoms with Crippen molar-refractivity contribution in [3.63, 3.8) is 0 Å². The molecule has 0 saturated carbocycles. The highest BCUT2D eigenvalue weighted by molar-refractivity contribution is 6.31. The van der Waals surface area contributed by atoms with Crippen LogP contribution in [0.1, 0.15) is 15.9 Å². The molecule has 4 rings (SSSR count). The largest absolute Gasteiger partial charge is 0.465 e. The van der Waals surface area contributed by atoms with Crippen LogP contribution in [-0.2, 0) is 10.9 Å². The molecule has 0 radical (unpaired) electrons. The maximum Gasteiger partial charge on any atom is 0.417 e. The first-order valence-electron chi connectivity index (χ1n) is 10.6. The normalized spacial score (nSPS) is 11.1. The van der Waals surface area contributed by atoms with Crippen molar-refractivity contribution in [3.8, 4) is 22.9 Å². The Morgan fingerprint density at radius 1 is 0.946 bits per heavy atom. The molecule has 0 aliphatic heterocycles. The minimum Gasteiger partial charge on any atom is -0.465 e. The van der Waals surface area contributed by atoms with Gasteiger partial charge in [0.05, 0.1) is 34.6 Å². The average molecular weight is 531 g/mol. The van der Waals surface area contributed by atoms with E-state index >= 15 is 0 Å². The quantitative estimate of drug-likeness (QED) is 0.233. The Morgan fingerprint density at radius 3 is 2.35 bits per heavy atom. The Bertz CT molecular complexity index is 1440. The molecule has 2 heterocycles. The van der Waals surface area contributed by atoms with Crippen LogP contribution < -0.4 is 15.4 Å². The molecule has 0 fully saturated rings. The molecule has 0 aliphatic rings. The molecular formula is C25H18ClF3N4O4. The second kappa shape index (κ2) is 10.6. The number of methoxy groups -OCH3 is 1. The van der Waals surface area contributed by atoms with Gasteiger partial charge < -0.3 is 25.1 Å². The fourth-order valence-electron chi connectivity index (χ4n) is 3.26. The van der Waals surface area contributed by atoms with Gasteiger partial charge in [0.1, 0.15) is 11.5 Å². The minimum atomic E-state index is -4.65. The number of benzene rings is 2. The van der Waals surface area contributed by atoms with Gasteiger partial charge in [0.25, 0.3) is 0 Å². The zero-order valence-corrected chi connectivity index (χ0v) is 19.8. The van der Waals surface area contributed by atoms with Crippen LogP contribution in [0, 0.1) is 0 Å². The molecule has 190 valence electrons. The summed E-state index contributed by atoms with van der Waals surface area (Å²) in [5.74, 6) is 0.453. The molecule has 12 heteroatoms. The maximum atomic E-state index is 13.0. The number of carbonyl (C=O) groups excluding carboxylic acids is 2. The van der Waals surface area contributed by atoms with Gasteiger partial charge in [-0.1, -0.05) is 11.6 Å². The van der Waals surface area contributed by atoms with Crippen molar-refractivity contribution in [2.24, 2.45) is 0 Å². The van der Waals surface area contributed by atoms with Crippen molar-refractivity contribution in [1.82, 2.24) is 9.97 Å². The highest BCUT2D eigenvalue weighted by atomic mass is 35.5. The second-order valence-electron chi connectivity index (χ2n) is 7.57. The topological polar surface area (TPSA) is 105 Å². The van der Waals surface area contributed by atoms with Crippen molar-refractivity contribution in [1.29, 1.82) is 0 Å². The maximum absolute atomic E-state index is 13.0. The summed E-state index contributed by atoms with van der Waals surface area (Å²) in [6.45, 7) is 0. The number of rotatable bonds is 6. The van der Waals surface area contributed by atoms with Gasteiger partial charge in [0.2, 0.25) is 0 Å². The first kappa shape index (κ1) is 25.6. The molecule has 0 unspecified atom stereocenters. The van der Waals surface area contributed by atoms with E-state index in [-0.39, 0.29) is 5.69 Å². The number of alkyl halides is 3. The fourth-order valence-corrected chi connectivity index (χ4v) is 3.48. The van der Waals surface area contributed by atoms with Gasteiger partial charge in [-0.15, -0.1) is 0 Å². The molecule has 2 amide bonds. The van der Waals surface area contributed by atoms with E-state index in [1.54, 1.807) is 48.7 Å². The molecule has 3 N–H and O–H groups in total. The van der Waals surface area contributed by atoms with Crippen molar-refractivity contribution in [3.05, 3.63) is 89.2 Å². The monoisotopic (exact) mass is 530 g/mol. The SMILES string of the molecule is COC(=O)c1c[nH]c(-c2cc(Oc3ccc(NC(=O)Nc4ccc(Cl)c(C(F)(F)F)c4)cc3)ccn2)c1. The zero-order chi connectivity index (χ0) is 26.6. The number of halogens is 4. The average Bonchev–Trinajstić information content (AvgIpc) is 3.36. The van der Waals surface area contributed by atoms with Crippen molar-refractivity contribution >= 4 is 35.0 Å².